The fourth-order valence-electron chi connectivity index (χ4n) is 0.841. The molecule has 0 aliphatic rings. The van der Waals surface area contributed by atoms with E-state index in [0.29, 0.717) is 5.04 Å². The SMILES string of the molecule is CC(=C=CBr)CCO[Si](C)(C)C(C)(C)C. The molecule has 0 heterocycles. The minimum Gasteiger partial charge on any atom is -0.416 e. The summed E-state index contributed by atoms with van der Waals surface area (Å²) in [5.74, 6) is 0. The minimum atomic E-state index is -1.56. The molecule has 0 aromatic carbocycles. The van der Waals surface area contributed by atoms with Gasteiger partial charge in [-0.15, -0.1) is 5.73 Å². The molecule has 0 radical (unpaired) electrons. The van der Waals surface area contributed by atoms with Crippen LogP contribution in [-0.2, 0) is 4.43 Å². The Morgan fingerprint density at radius 3 is 2.33 bits per heavy atom. The minimum absolute atomic E-state index is 0.301. The van der Waals surface area contributed by atoms with Crippen LogP contribution >= 0.6 is 15.9 Å². The standard InChI is InChI=1S/C12H23BrOSi/c1-11(7-9-13)8-10-14-15(5,6)12(2,3)4/h9H,8,10H2,1-6H3. The molecule has 1 nitrogen and oxygen atoms in total. The summed E-state index contributed by atoms with van der Waals surface area (Å²) >= 11 is 3.22. The van der Waals surface area contributed by atoms with E-state index >= 15 is 0 Å². The predicted molar refractivity (Wildman–Crippen MR) is 74.0 cm³/mol. The topological polar surface area (TPSA) is 9.23 Å². The maximum atomic E-state index is 6.06. The van der Waals surface area contributed by atoms with Gasteiger partial charge in [-0.1, -0.05) is 36.7 Å². The summed E-state index contributed by atoms with van der Waals surface area (Å²) in [4.78, 5) is 1.77. The smallest absolute Gasteiger partial charge is 0.191 e. The van der Waals surface area contributed by atoms with Crippen LogP contribution in [0, 0.1) is 0 Å². The highest BCUT2D eigenvalue weighted by atomic mass is 79.9. The maximum absolute atomic E-state index is 6.06. The number of rotatable bonds is 4. The first kappa shape index (κ1) is 15.2. The predicted octanol–water partition coefficient (Wildman–Crippen LogP) is 4.85. The van der Waals surface area contributed by atoms with E-state index in [2.05, 4.69) is 62.5 Å². The Bertz CT molecular complexity index is 257. The zero-order valence-corrected chi connectivity index (χ0v) is 13.4. The van der Waals surface area contributed by atoms with Crippen molar-refractivity contribution in [2.24, 2.45) is 0 Å². The molecule has 3 heteroatoms. The summed E-state index contributed by atoms with van der Waals surface area (Å²) in [6.45, 7) is 14.3. The van der Waals surface area contributed by atoms with Gasteiger partial charge in [-0.2, -0.15) is 0 Å². The monoisotopic (exact) mass is 290 g/mol. The third-order valence-electron chi connectivity index (χ3n) is 3.05. The molecule has 0 aromatic heterocycles. The Balaban J connectivity index is 4.13. The van der Waals surface area contributed by atoms with Crippen LogP contribution in [0.4, 0.5) is 0 Å². The molecule has 0 fully saturated rings. The molecule has 88 valence electrons. The summed E-state index contributed by atoms with van der Waals surface area (Å²) in [6, 6.07) is 0. The third-order valence-corrected chi connectivity index (χ3v) is 7.81. The van der Waals surface area contributed by atoms with Crippen LogP contribution in [0.15, 0.2) is 16.3 Å². The van der Waals surface area contributed by atoms with Crippen LogP contribution < -0.4 is 0 Å². The molecular weight excluding hydrogens is 268 g/mol. The lowest BCUT2D eigenvalue weighted by molar-refractivity contribution is 0.292. The summed E-state index contributed by atoms with van der Waals surface area (Å²) in [5.41, 5.74) is 4.34. The van der Waals surface area contributed by atoms with E-state index in [-0.39, 0.29) is 0 Å². The maximum Gasteiger partial charge on any atom is 0.191 e. The second-order valence-corrected chi connectivity index (χ2v) is 10.7. The average molecular weight is 291 g/mol. The van der Waals surface area contributed by atoms with E-state index < -0.39 is 8.32 Å². The molecule has 0 aliphatic carbocycles. The van der Waals surface area contributed by atoms with Gasteiger partial charge < -0.3 is 4.43 Å². The molecule has 0 saturated heterocycles. The van der Waals surface area contributed by atoms with Gasteiger partial charge in [0, 0.05) is 11.6 Å². The average Bonchev–Trinajstić information content (AvgIpc) is 2.01. The van der Waals surface area contributed by atoms with Crippen LogP contribution in [-0.4, -0.2) is 14.9 Å². The lowest BCUT2D eigenvalue weighted by atomic mass is 10.2. The zero-order chi connectivity index (χ0) is 12.1. The van der Waals surface area contributed by atoms with E-state index in [1.165, 1.54) is 5.57 Å². The molecule has 0 rings (SSSR count). The van der Waals surface area contributed by atoms with Gasteiger partial charge in [0.1, 0.15) is 0 Å². The Morgan fingerprint density at radius 1 is 1.40 bits per heavy atom. The Hall–Kier alpha value is 0.177. The van der Waals surface area contributed by atoms with Crippen LogP contribution in [0.5, 0.6) is 0 Å². The van der Waals surface area contributed by atoms with Crippen LogP contribution in [0.1, 0.15) is 34.1 Å². The van der Waals surface area contributed by atoms with E-state index in [4.69, 9.17) is 4.43 Å². The molecule has 0 N–H and O–H groups in total. The summed E-state index contributed by atoms with van der Waals surface area (Å²) in [6.07, 6.45) is 0.967. The Morgan fingerprint density at radius 2 is 1.93 bits per heavy atom. The van der Waals surface area contributed by atoms with Crippen molar-refractivity contribution in [3.05, 3.63) is 16.3 Å². The molecular formula is C12H23BrOSi. The first-order chi connectivity index (χ1) is 6.70. The van der Waals surface area contributed by atoms with E-state index in [0.717, 1.165) is 13.0 Å². The van der Waals surface area contributed by atoms with E-state index in [1.54, 1.807) is 4.99 Å². The molecule has 0 spiro atoms. The van der Waals surface area contributed by atoms with Gasteiger partial charge >= 0.3 is 0 Å². The fraction of sp³-hybridized carbons (Fsp3) is 0.750. The van der Waals surface area contributed by atoms with Gasteiger partial charge in [-0.05, 0) is 37.0 Å². The van der Waals surface area contributed by atoms with Crippen LogP contribution in [0.25, 0.3) is 0 Å². The molecule has 0 amide bonds. The van der Waals surface area contributed by atoms with Crippen LogP contribution in [0.3, 0.4) is 0 Å². The zero-order valence-electron chi connectivity index (χ0n) is 10.8. The van der Waals surface area contributed by atoms with Gasteiger partial charge in [0.05, 0.1) is 0 Å². The van der Waals surface area contributed by atoms with Gasteiger partial charge in [0.2, 0.25) is 0 Å². The van der Waals surface area contributed by atoms with Crippen molar-refractivity contribution in [2.45, 2.75) is 52.2 Å². The molecule has 0 unspecified atom stereocenters. The lowest BCUT2D eigenvalue weighted by Gasteiger charge is -2.36. The quantitative estimate of drug-likeness (QED) is 0.531. The van der Waals surface area contributed by atoms with Crippen molar-refractivity contribution < 1.29 is 4.43 Å². The number of halogens is 1. The number of hydrogen-bond donors (Lipinski definition) is 0. The van der Waals surface area contributed by atoms with Crippen molar-refractivity contribution in [1.82, 2.24) is 0 Å². The molecule has 15 heavy (non-hydrogen) atoms. The first-order valence-electron chi connectivity index (χ1n) is 5.35. The van der Waals surface area contributed by atoms with Crippen LogP contribution in [0.2, 0.25) is 18.1 Å². The Kier molecular flexibility index (Phi) is 6.12. The first-order valence-corrected chi connectivity index (χ1v) is 9.18. The van der Waals surface area contributed by atoms with Gasteiger partial charge in [-0.3, -0.25) is 0 Å². The molecule has 0 bridgehead atoms. The number of hydrogen-bond acceptors (Lipinski definition) is 1. The van der Waals surface area contributed by atoms with Crippen molar-refractivity contribution in [3.63, 3.8) is 0 Å². The third kappa shape index (κ3) is 5.72. The van der Waals surface area contributed by atoms with E-state index in [1.807, 2.05) is 0 Å². The molecule has 0 aliphatic heterocycles. The molecule has 0 aromatic rings. The van der Waals surface area contributed by atoms with E-state index in [9.17, 15) is 0 Å². The highest BCUT2D eigenvalue weighted by Crippen LogP contribution is 2.36. The Labute approximate surface area is 104 Å². The van der Waals surface area contributed by atoms with Gasteiger partial charge in [0.15, 0.2) is 8.32 Å². The molecule has 0 saturated carbocycles. The van der Waals surface area contributed by atoms with Gasteiger partial charge in [0.25, 0.3) is 0 Å². The van der Waals surface area contributed by atoms with Crippen molar-refractivity contribution >= 4 is 24.2 Å². The summed E-state index contributed by atoms with van der Waals surface area (Å²) in [5, 5.41) is 0.301. The van der Waals surface area contributed by atoms with Gasteiger partial charge in [-0.25, -0.2) is 0 Å². The normalized spacial score (nSPS) is 12.2. The lowest BCUT2D eigenvalue weighted by Crippen LogP contribution is -2.40. The molecule has 0 atom stereocenters. The highest BCUT2D eigenvalue weighted by molar-refractivity contribution is 9.11. The van der Waals surface area contributed by atoms with Crippen molar-refractivity contribution in [3.8, 4) is 0 Å². The largest absolute Gasteiger partial charge is 0.416 e. The highest BCUT2D eigenvalue weighted by Gasteiger charge is 2.36. The fourth-order valence-corrected chi connectivity index (χ4v) is 2.28. The summed E-state index contributed by atoms with van der Waals surface area (Å²) in [7, 11) is -1.56. The second-order valence-electron chi connectivity index (χ2n) is 5.39. The second kappa shape index (κ2) is 6.05. The van der Waals surface area contributed by atoms with Crippen molar-refractivity contribution in [2.75, 3.05) is 6.61 Å². The van der Waals surface area contributed by atoms with Crippen molar-refractivity contribution in [1.29, 1.82) is 0 Å². The summed E-state index contributed by atoms with van der Waals surface area (Å²) < 4.78 is 6.06.